The van der Waals surface area contributed by atoms with Gasteiger partial charge in [0.05, 0.1) is 24.6 Å². The summed E-state index contributed by atoms with van der Waals surface area (Å²) in [7, 11) is 0. The molecule has 0 radical (unpaired) electrons. The summed E-state index contributed by atoms with van der Waals surface area (Å²) in [5.74, 6) is 0. The van der Waals surface area contributed by atoms with Crippen molar-refractivity contribution < 1.29 is 4.74 Å². The van der Waals surface area contributed by atoms with Gasteiger partial charge in [-0.15, -0.1) is 0 Å². The van der Waals surface area contributed by atoms with Gasteiger partial charge in [0, 0.05) is 31.7 Å². The van der Waals surface area contributed by atoms with Gasteiger partial charge in [-0.1, -0.05) is 26.8 Å². The van der Waals surface area contributed by atoms with Gasteiger partial charge in [-0.3, -0.25) is 9.88 Å². The van der Waals surface area contributed by atoms with E-state index in [1.54, 1.807) is 0 Å². The zero-order chi connectivity index (χ0) is 14.4. The summed E-state index contributed by atoms with van der Waals surface area (Å²) in [6, 6.07) is 7.35. The zero-order valence-corrected chi connectivity index (χ0v) is 12.9. The van der Waals surface area contributed by atoms with Crippen LogP contribution in [-0.2, 0) is 17.8 Å². The molecule has 0 aliphatic carbocycles. The highest BCUT2D eigenvalue weighted by molar-refractivity contribution is 5.11. The summed E-state index contributed by atoms with van der Waals surface area (Å²) in [4.78, 5) is 7.25. The molecule has 1 fully saturated rings. The molecule has 1 aromatic rings. The molecule has 2 heterocycles. The van der Waals surface area contributed by atoms with Crippen molar-refractivity contribution in [3.05, 3.63) is 29.6 Å². The lowest BCUT2D eigenvalue weighted by atomic mass is 10.1. The van der Waals surface area contributed by atoms with Crippen LogP contribution in [-0.4, -0.2) is 41.7 Å². The Balaban J connectivity index is 1.96. The van der Waals surface area contributed by atoms with E-state index in [9.17, 15) is 0 Å². The maximum atomic E-state index is 5.56. The number of nitrogens with zero attached hydrogens (tertiary/aromatic N) is 2. The van der Waals surface area contributed by atoms with Crippen molar-refractivity contribution in [3.8, 4) is 0 Å². The topological polar surface area (TPSA) is 37.4 Å². The van der Waals surface area contributed by atoms with Crippen LogP contribution in [0.25, 0.3) is 0 Å². The monoisotopic (exact) mass is 277 g/mol. The molecule has 1 saturated heterocycles. The van der Waals surface area contributed by atoms with Crippen molar-refractivity contribution in [2.45, 2.75) is 52.4 Å². The van der Waals surface area contributed by atoms with Gasteiger partial charge in [0.2, 0.25) is 0 Å². The maximum Gasteiger partial charge on any atom is 0.0622 e. The summed E-state index contributed by atoms with van der Waals surface area (Å²) in [5, 5.41) is 3.42. The molecule has 2 rings (SSSR count). The van der Waals surface area contributed by atoms with Gasteiger partial charge >= 0.3 is 0 Å². The van der Waals surface area contributed by atoms with E-state index in [1.807, 2.05) is 0 Å². The molecule has 4 heteroatoms. The molecular formula is C16H27N3O. The van der Waals surface area contributed by atoms with E-state index in [-0.39, 0.29) is 0 Å². The van der Waals surface area contributed by atoms with Crippen LogP contribution in [0, 0.1) is 0 Å². The molecule has 112 valence electrons. The number of aromatic nitrogens is 1. The quantitative estimate of drug-likeness (QED) is 0.865. The van der Waals surface area contributed by atoms with Gasteiger partial charge < -0.3 is 10.1 Å². The lowest BCUT2D eigenvalue weighted by molar-refractivity contribution is -0.0132. The normalized spacial score (nSPS) is 20.5. The van der Waals surface area contributed by atoms with E-state index < -0.39 is 0 Å². The predicted molar refractivity (Wildman–Crippen MR) is 81.5 cm³/mol. The van der Waals surface area contributed by atoms with E-state index in [2.05, 4.69) is 49.2 Å². The first-order chi connectivity index (χ1) is 9.69. The fraction of sp³-hybridized carbons (Fsp3) is 0.688. The van der Waals surface area contributed by atoms with Gasteiger partial charge in [-0.25, -0.2) is 0 Å². The van der Waals surface area contributed by atoms with Gasteiger partial charge in [0.15, 0.2) is 0 Å². The molecule has 0 saturated carbocycles. The SMILES string of the molecule is CCC1COCCN1Cc1cccc(CNC(C)C)n1. The highest BCUT2D eigenvalue weighted by Gasteiger charge is 2.21. The minimum Gasteiger partial charge on any atom is -0.378 e. The second kappa shape index (κ2) is 7.72. The molecule has 0 aromatic carbocycles. The van der Waals surface area contributed by atoms with Crippen LogP contribution < -0.4 is 5.32 Å². The Kier molecular flexibility index (Phi) is 5.95. The predicted octanol–water partition coefficient (Wildman–Crippen LogP) is 2.19. The number of morpholine rings is 1. The Labute approximate surface area is 122 Å². The molecule has 20 heavy (non-hydrogen) atoms. The van der Waals surface area contributed by atoms with Crippen LogP contribution in [0.15, 0.2) is 18.2 Å². The zero-order valence-electron chi connectivity index (χ0n) is 12.9. The molecule has 1 N–H and O–H groups in total. The summed E-state index contributed by atoms with van der Waals surface area (Å²) >= 11 is 0. The summed E-state index contributed by atoms with van der Waals surface area (Å²) in [6.07, 6.45) is 1.13. The summed E-state index contributed by atoms with van der Waals surface area (Å²) < 4.78 is 5.56. The Morgan fingerprint density at radius 1 is 1.40 bits per heavy atom. The third-order valence-corrected chi connectivity index (χ3v) is 3.74. The lowest BCUT2D eigenvalue weighted by Crippen LogP contribution is -2.44. The first-order valence-corrected chi connectivity index (χ1v) is 7.69. The highest BCUT2D eigenvalue weighted by atomic mass is 16.5. The number of ether oxygens (including phenoxy) is 1. The molecule has 0 amide bonds. The molecule has 0 spiro atoms. The number of nitrogens with one attached hydrogen (secondary N) is 1. The fourth-order valence-electron chi connectivity index (χ4n) is 2.51. The van der Waals surface area contributed by atoms with Crippen molar-refractivity contribution >= 4 is 0 Å². The van der Waals surface area contributed by atoms with Crippen molar-refractivity contribution in [2.24, 2.45) is 0 Å². The third kappa shape index (κ3) is 4.54. The Hall–Kier alpha value is -0.970. The fourth-order valence-corrected chi connectivity index (χ4v) is 2.51. The lowest BCUT2D eigenvalue weighted by Gasteiger charge is -2.34. The average Bonchev–Trinajstić information content (AvgIpc) is 2.46. The molecular weight excluding hydrogens is 250 g/mol. The van der Waals surface area contributed by atoms with Crippen LogP contribution in [0.1, 0.15) is 38.6 Å². The molecule has 4 nitrogen and oxygen atoms in total. The van der Waals surface area contributed by atoms with Crippen molar-refractivity contribution in [3.63, 3.8) is 0 Å². The van der Waals surface area contributed by atoms with Crippen LogP contribution in [0.5, 0.6) is 0 Å². The van der Waals surface area contributed by atoms with Gasteiger partial charge in [-0.05, 0) is 18.6 Å². The minimum absolute atomic E-state index is 0.490. The van der Waals surface area contributed by atoms with Crippen LogP contribution in [0.2, 0.25) is 0 Å². The summed E-state index contributed by atoms with van der Waals surface area (Å²) in [5.41, 5.74) is 2.28. The van der Waals surface area contributed by atoms with E-state index in [1.165, 1.54) is 0 Å². The van der Waals surface area contributed by atoms with Gasteiger partial charge in [0.1, 0.15) is 0 Å². The van der Waals surface area contributed by atoms with Crippen molar-refractivity contribution in [1.29, 1.82) is 0 Å². The minimum atomic E-state index is 0.490. The van der Waals surface area contributed by atoms with Crippen molar-refractivity contribution in [2.75, 3.05) is 19.8 Å². The smallest absolute Gasteiger partial charge is 0.0622 e. The number of hydrogen-bond donors (Lipinski definition) is 1. The van der Waals surface area contributed by atoms with Gasteiger partial charge in [0.25, 0.3) is 0 Å². The first kappa shape index (κ1) is 15.4. The molecule has 1 aliphatic heterocycles. The number of hydrogen-bond acceptors (Lipinski definition) is 4. The van der Waals surface area contributed by atoms with Crippen LogP contribution >= 0.6 is 0 Å². The standard InChI is InChI=1S/C16H27N3O/c1-4-16-12-20-9-8-19(16)11-15-7-5-6-14(18-15)10-17-13(2)3/h5-7,13,16-17H,4,8-12H2,1-3H3. The number of rotatable bonds is 6. The molecule has 1 unspecified atom stereocenters. The second-order valence-corrected chi connectivity index (χ2v) is 5.76. The van der Waals surface area contributed by atoms with Crippen LogP contribution in [0.3, 0.4) is 0 Å². The Morgan fingerprint density at radius 3 is 2.95 bits per heavy atom. The maximum absolute atomic E-state index is 5.56. The van der Waals surface area contributed by atoms with Crippen molar-refractivity contribution in [1.82, 2.24) is 15.2 Å². The highest BCUT2D eigenvalue weighted by Crippen LogP contribution is 2.14. The Bertz CT molecular complexity index is 408. The van der Waals surface area contributed by atoms with E-state index in [0.29, 0.717) is 12.1 Å². The van der Waals surface area contributed by atoms with Gasteiger partial charge in [-0.2, -0.15) is 0 Å². The van der Waals surface area contributed by atoms with E-state index >= 15 is 0 Å². The Morgan fingerprint density at radius 2 is 2.20 bits per heavy atom. The third-order valence-electron chi connectivity index (χ3n) is 3.74. The molecule has 0 bridgehead atoms. The first-order valence-electron chi connectivity index (χ1n) is 7.69. The second-order valence-electron chi connectivity index (χ2n) is 5.76. The largest absolute Gasteiger partial charge is 0.378 e. The number of pyridine rings is 1. The molecule has 1 aliphatic rings. The van der Waals surface area contributed by atoms with Crippen LogP contribution in [0.4, 0.5) is 0 Å². The molecule has 1 aromatic heterocycles. The van der Waals surface area contributed by atoms with E-state index in [4.69, 9.17) is 9.72 Å². The molecule has 1 atom stereocenters. The average molecular weight is 277 g/mol. The van der Waals surface area contributed by atoms with E-state index in [0.717, 1.165) is 50.7 Å². The summed E-state index contributed by atoms with van der Waals surface area (Å²) in [6.45, 7) is 11.0.